The normalized spacial score (nSPS) is 17.0. The third-order valence-electron chi connectivity index (χ3n) is 4.87. The minimum Gasteiger partial charge on any atom is -0.497 e. The molecule has 150 valence electrons. The largest absolute Gasteiger partial charge is 0.497 e. The summed E-state index contributed by atoms with van der Waals surface area (Å²) in [6.45, 7) is 3.10. The predicted molar refractivity (Wildman–Crippen MR) is 110 cm³/mol. The number of aryl methyl sites for hydroxylation is 1. The van der Waals surface area contributed by atoms with Crippen LogP contribution in [0, 0.1) is 6.92 Å². The molecular formula is C21H26ClN3O3. The Labute approximate surface area is 171 Å². The number of hydrogen-bond donors (Lipinski definition) is 2. The number of carbonyl (C=O) groups excluding carboxylic acids is 2. The quantitative estimate of drug-likeness (QED) is 0.775. The average Bonchev–Trinajstić information content (AvgIpc) is 3.02. The molecule has 0 spiro atoms. The van der Waals surface area contributed by atoms with Gasteiger partial charge in [0.25, 0.3) is 0 Å². The lowest BCUT2D eigenvalue weighted by atomic mass is 10.0. The van der Waals surface area contributed by atoms with Gasteiger partial charge in [-0.15, -0.1) is 12.4 Å². The topological polar surface area (TPSA) is 84.7 Å². The zero-order chi connectivity index (χ0) is 19.4. The van der Waals surface area contributed by atoms with Crippen LogP contribution in [0.3, 0.4) is 0 Å². The molecule has 2 aromatic rings. The highest BCUT2D eigenvalue weighted by atomic mass is 35.5. The van der Waals surface area contributed by atoms with E-state index in [9.17, 15) is 9.59 Å². The lowest BCUT2D eigenvalue weighted by Gasteiger charge is -2.19. The molecule has 1 aliphatic heterocycles. The summed E-state index contributed by atoms with van der Waals surface area (Å²) in [4.78, 5) is 26.8. The molecule has 2 aromatic carbocycles. The van der Waals surface area contributed by atoms with Crippen molar-refractivity contribution >= 4 is 24.2 Å². The van der Waals surface area contributed by atoms with E-state index in [0.29, 0.717) is 19.5 Å². The van der Waals surface area contributed by atoms with Crippen molar-refractivity contribution in [2.24, 2.45) is 5.73 Å². The second-order valence-electron chi connectivity index (χ2n) is 6.85. The zero-order valence-electron chi connectivity index (χ0n) is 16.1. The predicted octanol–water partition coefficient (Wildman–Crippen LogP) is 2.34. The van der Waals surface area contributed by atoms with Gasteiger partial charge in [0.05, 0.1) is 7.11 Å². The number of methoxy groups -OCH3 is 1. The smallest absolute Gasteiger partial charge is 0.245 e. The van der Waals surface area contributed by atoms with Gasteiger partial charge in [-0.1, -0.05) is 42.0 Å². The van der Waals surface area contributed by atoms with E-state index in [2.05, 4.69) is 5.32 Å². The summed E-state index contributed by atoms with van der Waals surface area (Å²) < 4.78 is 5.15. The van der Waals surface area contributed by atoms with Crippen molar-refractivity contribution in [3.8, 4) is 5.75 Å². The van der Waals surface area contributed by atoms with Gasteiger partial charge in [0, 0.05) is 13.1 Å². The van der Waals surface area contributed by atoms with Crippen LogP contribution in [-0.4, -0.2) is 36.4 Å². The third-order valence-corrected chi connectivity index (χ3v) is 4.87. The number of carbonyl (C=O) groups is 2. The highest BCUT2D eigenvalue weighted by Gasteiger charge is 2.33. The highest BCUT2D eigenvalue weighted by molar-refractivity contribution is 5.91. The molecule has 2 unspecified atom stereocenters. The fourth-order valence-electron chi connectivity index (χ4n) is 3.17. The maximum Gasteiger partial charge on any atom is 0.245 e. The number of hydrogen-bond acceptors (Lipinski definition) is 4. The molecule has 3 rings (SSSR count). The molecule has 3 N–H and O–H groups in total. The summed E-state index contributed by atoms with van der Waals surface area (Å²) >= 11 is 0. The molecule has 2 atom stereocenters. The fraction of sp³-hybridized carbons (Fsp3) is 0.333. The van der Waals surface area contributed by atoms with Gasteiger partial charge in [0.1, 0.15) is 17.8 Å². The number of ether oxygens (including phenoxy) is 1. The molecule has 0 aliphatic carbocycles. The Morgan fingerprint density at radius 1 is 1.21 bits per heavy atom. The van der Waals surface area contributed by atoms with Gasteiger partial charge in [-0.05, 0) is 36.6 Å². The van der Waals surface area contributed by atoms with Crippen molar-refractivity contribution in [1.82, 2.24) is 10.2 Å². The second kappa shape index (κ2) is 9.57. The van der Waals surface area contributed by atoms with Crippen LogP contribution in [0.15, 0.2) is 48.5 Å². The Morgan fingerprint density at radius 2 is 1.86 bits per heavy atom. The molecule has 2 amide bonds. The minimum atomic E-state index is -0.783. The number of benzene rings is 2. The molecule has 1 fully saturated rings. The Balaban J connectivity index is 0.00000280. The molecule has 0 radical (unpaired) electrons. The highest BCUT2D eigenvalue weighted by Crippen LogP contribution is 2.19. The van der Waals surface area contributed by atoms with Gasteiger partial charge >= 0.3 is 0 Å². The summed E-state index contributed by atoms with van der Waals surface area (Å²) in [6.07, 6.45) is 0.585. The van der Waals surface area contributed by atoms with E-state index in [1.807, 2.05) is 55.5 Å². The third kappa shape index (κ3) is 5.03. The Hall–Kier alpha value is -2.57. The Bertz CT molecular complexity index is 809. The first-order valence-corrected chi connectivity index (χ1v) is 9.02. The first-order chi connectivity index (χ1) is 13.0. The maximum absolute atomic E-state index is 12.6. The number of rotatable bonds is 6. The number of nitrogens with two attached hydrogens (primary N) is 1. The van der Waals surface area contributed by atoms with Crippen molar-refractivity contribution in [3.63, 3.8) is 0 Å². The molecule has 1 heterocycles. The van der Waals surface area contributed by atoms with Gasteiger partial charge in [0.15, 0.2) is 0 Å². The molecule has 0 saturated carbocycles. The van der Waals surface area contributed by atoms with Gasteiger partial charge in [0.2, 0.25) is 11.8 Å². The van der Waals surface area contributed by atoms with Crippen molar-refractivity contribution < 1.29 is 14.3 Å². The van der Waals surface area contributed by atoms with Crippen LogP contribution in [0.25, 0.3) is 0 Å². The monoisotopic (exact) mass is 403 g/mol. The lowest BCUT2D eigenvalue weighted by Crippen LogP contribution is -2.45. The SMILES string of the molecule is COc1ccc(CN2CCC(NC(=O)C(N)c3ccc(C)cc3)C2=O)cc1.Cl. The summed E-state index contributed by atoms with van der Waals surface area (Å²) in [5.74, 6) is 0.375. The van der Waals surface area contributed by atoms with Gasteiger partial charge in [-0.25, -0.2) is 0 Å². The van der Waals surface area contributed by atoms with E-state index in [0.717, 1.165) is 22.4 Å². The van der Waals surface area contributed by atoms with Crippen LogP contribution in [-0.2, 0) is 16.1 Å². The van der Waals surface area contributed by atoms with E-state index in [4.69, 9.17) is 10.5 Å². The van der Waals surface area contributed by atoms with E-state index in [-0.39, 0.29) is 24.2 Å². The van der Waals surface area contributed by atoms with Gasteiger partial charge in [-0.2, -0.15) is 0 Å². The lowest BCUT2D eigenvalue weighted by molar-refractivity contribution is -0.133. The van der Waals surface area contributed by atoms with Gasteiger partial charge < -0.3 is 20.7 Å². The van der Waals surface area contributed by atoms with Crippen LogP contribution in [0.2, 0.25) is 0 Å². The molecule has 0 aromatic heterocycles. The zero-order valence-corrected chi connectivity index (χ0v) is 16.9. The molecule has 7 heteroatoms. The molecular weight excluding hydrogens is 378 g/mol. The van der Waals surface area contributed by atoms with Crippen LogP contribution in [0.1, 0.15) is 29.2 Å². The summed E-state index contributed by atoms with van der Waals surface area (Å²) in [6, 6.07) is 13.8. The number of nitrogens with one attached hydrogen (secondary N) is 1. The number of amides is 2. The summed E-state index contributed by atoms with van der Waals surface area (Å²) in [7, 11) is 1.62. The van der Waals surface area contributed by atoms with Gasteiger partial charge in [-0.3, -0.25) is 9.59 Å². The average molecular weight is 404 g/mol. The Kier molecular flexibility index (Phi) is 7.43. The molecule has 0 bridgehead atoms. The number of likely N-dealkylation sites (tertiary alicyclic amines) is 1. The van der Waals surface area contributed by atoms with E-state index < -0.39 is 12.1 Å². The molecule has 1 saturated heterocycles. The summed E-state index contributed by atoms with van der Waals surface area (Å²) in [5, 5.41) is 2.80. The van der Waals surface area contributed by atoms with Crippen LogP contribution in [0.5, 0.6) is 5.75 Å². The molecule has 28 heavy (non-hydrogen) atoms. The number of nitrogens with zero attached hydrogens (tertiary/aromatic N) is 1. The van der Waals surface area contributed by atoms with E-state index >= 15 is 0 Å². The first kappa shape index (κ1) is 21.7. The Morgan fingerprint density at radius 3 is 2.46 bits per heavy atom. The molecule has 6 nitrogen and oxygen atoms in total. The van der Waals surface area contributed by atoms with Crippen molar-refractivity contribution in [2.75, 3.05) is 13.7 Å². The minimum absolute atomic E-state index is 0. The van der Waals surface area contributed by atoms with E-state index in [1.54, 1.807) is 12.0 Å². The maximum atomic E-state index is 12.6. The number of halogens is 1. The second-order valence-corrected chi connectivity index (χ2v) is 6.85. The van der Waals surface area contributed by atoms with Crippen molar-refractivity contribution in [3.05, 3.63) is 65.2 Å². The van der Waals surface area contributed by atoms with Crippen molar-refractivity contribution in [2.45, 2.75) is 32.0 Å². The standard InChI is InChI=1S/C21H25N3O3.ClH/c1-14-3-7-16(8-4-14)19(22)20(25)23-18-11-12-24(21(18)26)13-15-5-9-17(27-2)10-6-15;/h3-10,18-19H,11-13,22H2,1-2H3,(H,23,25);1H. The summed E-state index contributed by atoms with van der Waals surface area (Å²) in [5.41, 5.74) is 8.91. The fourth-order valence-corrected chi connectivity index (χ4v) is 3.17. The van der Waals surface area contributed by atoms with Crippen molar-refractivity contribution in [1.29, 1.82) is 0 Å². The first-order valence-electron chi connectivity index (χ1n) is 9.02. The van der Waals surface area contributed by atoms with E-state index in [1.165, 1.54) is 0 Å². The molecule has 1 aliphatic rings. The van der Waals surface area contributed by atoms with Crippen LogP contribution in [0.4, 0.5) is 0 Å². The van der Waals surface area contributed by atoms with Crippen LogP contribution >= 0.6 is 12.4 Å². The van der Waals surface area contributed by atoms with Crippen LogP contribution < -0.4 is 15.8 Å².